The predicted octanol–water partition coefficient (Wildman–Crippen LogP) is 4.19. The van der Waals surface area contributed by atoms with Gasteiger partial charge in [0, 0.05) is 35.7 Å². The van der Waals surface area contributed by atoms with Crippen molar-refractivity contribution in [3.63, 3.8) is 0 Å². The molecule has 26 heavy (non-hydrogen) atoms. The van der Waals surface area contributed by atoms with Gasteiger partial charge in [-0.05, 0) is 30.7 Å². The third-order valence-corrected chi connectivity index (χ3v) is 5.58. The zero-order valence-corrected chi connectivity index (χ0v) is 14.5. The normalized spacial score (nSPS) is 17.6. The van der Waals surface area contributed by atoms with Gasteiger partial charge in [-0.1, -0.05) is 12.1 Å². The maximum absolute atomic E-state index is 14.0. The molecule has 0 saturated carbocycles. The highest BCUT2D eigenvalue weighted by Gasteiger charge is 2.28. The van der Waals surface area contributed by atoms with Crippen LogP contribution in [0.1, 0.15) is 27.6 Å². The van der Waals surface area contributed by atoms with E-state index >= 15 is 0 Å². The maximum atomic E-state index is 14.0. The Morgan fingerprint density at radius 2 is 1.96 bits per heavy atom. The Hall–Kier alpha value is -2.48. The first-order valence-corrected chi connectivity index (χ1v) is 9.11. The van der Waals surface area contributed by atoms with E-state index in [1.54, 1.807) is 6.07 Å². The molecule has 1 aliphatic rings. The Balaban J connectivity index is 1.78. The number of hydrogen-bond donors (Lipinski definition) is 0. The van der Waals surface area contributed by atoms with Gasteiger partial charge in [0.05, 0.1) is 4.92 Å². The third-order valence-electron chi connectivity index (χ3n) is 4.26. The van der Waals surface area contributed by atoms with Gasteiger partial charge in [0.2, 0.25) is 0 Å². The van der Waals surface area contributed by atoms with Crippen LogP contribution in [-0.4, -0.2) is 34.6 Å². The third kappa shape index (κ3) is 3.85. The second-order valence-electron chi connectivity index (χ2n) is 5.88. The summed E-state index contributed by atoms with van der Waals surface area (Å²) in [6.45, 7) is 0.710. The topological polar surface area (TPSA) is 63.4 Å². The summed E-state index contributed by atoms with van der Waals surface area (Å²) in [4.78, 5) is 24.8. The Morgan fingerprint density at radius 3 is 2.73 bits per heavy atom. The van der Waals surface area contributed by atoms with Gasteiger partial charge in [0.1, 0.15) is 17.2 Å². The number of carbonyl (C=O) groups is 1. The number of halogens is 2. The summed E-state index contributed by atoms with van der Waals surface area (Å²) >= 11 is 1.45. The van der Waals surface area contributed by atoms with E-state index in [9.17, 15) is 23.7 Å². The van der Waals surface area contributed by atoms with Crippen molar-refractivity contribution in [2.75, 3.05) is 18.8 Å². The van der Waals surface area contributed by atoms with Gasteiger partial charge in [-0.2, -0.15) is 11.8 Å². The van der Waals surface area contributed by atoms with Crippen molar-refractivity contribution in [3.8, 4) is 0 Å². The minimum atomic E-state index is -0.579. The van der Waals surface area contributed by atoms with Crippen molar-refractivity contribution in [2.24, 2.45) is 0 Å². The Bertz CT molecular complexity index is 847. The molecule has 136 valence electrons. The van der Waals surface area contributed by atoms with Gasteiger partial charge < -0.3 is 4.90 Å². The van der Waals surface area contributed by atoms with Crippen molar-refractivity contribution in [1.82, 2.24) is 4.90 Å². The van der Waals surface area contributed by atoms with Crippen LogP contribution in [0.25, 0.3) is 0 Å². The summed E-state index contributed by atoms with van der Waals surface area (Å²) in [6, 6.07) is 9.18. The lowest BCUT2D eigenvalue weighted by Crippen LogP contribution is -2.33. The van der Waals surface area contributed by atoms with E-state index in [2.05, 4.69) is 0 Å². The summed E-state index contributed by atoms with van der Waals surface area (Å²) in [6.07, 6.45) is 0.442. The molecule has 0 bridgehead atoms. The van der Waals surface area contributed by atoms with E-state index in [0.717, 1.165) is 12.1 Å². The van der Waals surface area contributed by atoms with E-state index in [4.69, 9.17) is 0 Å². The predicted molar refractivity (Wildman–Crippen MR) is 95.2 cm³/mol. The molecule has 1 amide bonds. The molecule has 1 fully saturated rings. The molecular weight excluding hydrogens is 362 g/mol. The van der Waals surface area contributed by atoms with Crippen molar-refractivity contribution in [3.05, 3.63) is 75.3 Å². The Labute approximate surface area is 153 Å². The fourth-order valence-corrected chi connectivity index (χ4v) is 4.21. The lowest BCUT2D eigenvalue weighted by molar-refractivity contribution is -0.385. The number of nitrogens with zero attached hydrogens (tertiary/aromatic N) is 2. The number of benzene rings is 2. The fraction of sp³-hybridized carbons (Fsp3) is 0.278. The first-order valence-electron chi connectivity index (χ1n) is 8.06. The molecule has 2 aromatic carbocycles. The molecule has 0 spiro atoms. The molecule has 1 atom stereocenters. The van der Waals surface area contributed by atoms with Crippen molar-refractivity contribution in [1.29, 1.82) is 0 Å². The molecule has 0 aliphatic carbocycles. The molecule has 2 aromatic rings. The lowest BCUT2D eigenvalue weighted by atomic mass is 10.1. The highest BCUT2D eigenvalue weighted by Crippen LogP contribution is 2.36. The number of amides is 1. The molecule has 3 rings (SSSR count). The van der Waals surface area contributed by atoms with E-state index < -0.39 is 22.5 Å². The first-order chi connectivity index (χ1) is 12.5. The summed E-state index contributed by atoms with van der Waals surface area (Å²) in [5.74, 6) is -0.854. The summed E-state index contributed by atoms with van der Waals surface area (Å²) in [5.41, 5.74) is 0.0926. The highest BCUT2D eigenvalue weighted by atomic mass is 32.2. The van der Waals surface area contributed by atoms with Gasteiger partial charge >= 0.3 is 0 Å². The van der Waals surface area contributed by atoms with Crippen LogP contribution in [0.15, 0.2) is 42.5 Å². The fourth-order valence-electron chi connectivity index (χ4n) is 2.97. The van der Waals surface area contributed by atoms with Crippen LogP contribution in [0.5, 0.6) is 0 Å². The Morgan fingerprint density at radius 1 is 1.19 bits per heavy atom. The molecule has 1 saturated heterocycles. The van der Waals surface area contributed by atoms with Crippen LogP contribution in [0.3, 0.4) is 0 Å². The molecule has 0 radical (unpaired) electrons. The van der Waals surface area contributed by atoms with E-state index in [0.29, 0.717) is 25.3 Å². The number of hydrogen-bond acceptors (Lipinski definition) is 4. The molecule has 1 heterocycles. The van der Waals surface area contributed by atoms with Crippen LogP contribution in [0.2, 0.25) is 0 Å². The van der Waals surface area contributed by atoms with Gasteiger partial charge in [-0.15, -0.1) is 0 Å². The molecular formula is C18H16F2N2O3S. The van der Waals surface area contributed by atoms with Gasteiger partial charge in [-0.3, -0.25) is 14.9 Å². The van der Waals surface area contributed by atoms with Crippen molar-refractivity contribution >= 4 is 23.4 Å². The zero-order chi connectivity index (χ0) is 18.7. The van der Waals surface area contributed by atoms with E-state index in [-0.39, 0.29) is 22.1 Å². The maximum Gasteiger partial charge on any atom is 0.282 e. The summed E-state index contributed by atoms with van der Waals surface area (Å²) in [7, 11) is 0. The molecule has 0 aromatic heterocycles. The molecule has 5 nitrogen and oxygen atoms in total. The van der Waals surface area contributed by atoms with Crippen molar-refractivity contribution in [2.45, 2.75) is 11.7 Å². The summed E-state index contributed by atoms with van der Waals surface area (Å²) in [5, 5.41) is 10.9. The second-order valence-corrected chi connectivity index (χ2v) is 7.19. The van der Waals surface area contributed by atoms with Crippen LogP contribution < -0.4 is 0 Å². The average molecular weight is 378 g/mol. The van der Waals surface area contributed by atoms with Crippen LogP contribution in [-0.2, 0) is 0 Å². The zero-order valence-electron chi connectivity index (χ0n) is 13.7. The van der Waals surface area contributed by atoms with Gasteiger partial charge in [-0.25, -0.2) is 8.78 Å². The van der Waals surface area contributed by atoms with Gasteiger partial charge in [0.25, 0.3) is 11.6 Å². The Kier molecular flexibility index (Phi) is 5.51. The van der Waals surface area contributed by atoms with Gasteiger partial charge in [0.15, 0.2) is 0 Å². The number of thioether (sulfide) groups is 1. The molecule has 0 N–H and O–H groups in total. The quantitative estimate of drug-likeness (QED) is 0.593. The van der Waals surface area contributed by atoms with Crippen LogP contribution in [0.4, 0.5) is 14.5 Å². The standard InChI is InChI=1S/C18H16F2N2O3S/c19-12-5-6-15(20)14(11-12)17-7-8-21(9-10-26-17)18(23)13-3-1-2-4-16(13)22(24)25/h1-6,11,17H,7-10H2. The molecule has 1 aliphatic heterocycles. The highest BCUT2D eigenvalue weighted by molar-refractivity contribution is 7.99. The van der Waals surface area contributed by atoms with Crippen molar-refractivity contribution < 1.29 is 18.5 Å². The SMILES string of the molecule is O=C(c1ccccc1[N+](=O)[O-])N1CCSC(c2cc(F)ccc2F)CC1. The minimum absolute atomic E-state index is 0.0397. The lowest BCUT2D eigenvalue weighted by Gasteiger charge is -2.20. The van der Waals surface area contributed by atoms with Crippen LogP contribution >= 0.6 is 11.8 Å². The smallest absolute Gasteiger partial charge is 0.282 e. The average Bonchev–Trinajstić information content (AvgIpc) is 2.89. The summed E-state index contributed by atoms with van der Waals surface area (Å²) < 4.78 is 27.5. The number of nitro groups is 1. The molecule has 8 heteroatoms. The number of para-hydroxylation sites is 1. The number of rotatable bonds is 3. The van der Waals surface area contributed by atoms with E-state index in [1.807, 2.05) is 0 Å². The molecule has 1 unspecified atom stereocenters. The number of nitro benzene ring substituents is 1. The minimum Gasteiger partial charge on any atom is -0.338 e. The van der Waals surface area contributed by atoms with Crippen LogP contribution in [0, 0.1) is 21.7 Å². The number of carbonyl (C=O) groups excluding carboxylic acids is 1. The van der Waals surface area contributed by atoms with E-state index in [1.165, 1.54) is 40.9 Å². The largest absolute Gasteiger partial charge is 0.338 e. The second kappa shape index (κ2) is 7.82. The first kappa shape index (κ1) is 18.3. The monoisotopic (exact) mass is 378 g/mol.